The molecule has 0 atom stereocenters. The molecule has 2 aromatic rings. The number of ether oxygens (including phenoxy) is 1. The molecule has 156 valence electrons. The van der Waals surface area contributed by atoms with E-state index in [0.29, 0.717) is 30.8 Å². The second-order valence-electron chi connectivity index (χ2n) is 7.02. The Morgan fingerprint density at radius 2 is 1.79 bits per heavy atom. The standard InChI is InChI=1S/C20H24N2O6S/c1-14-18(15(2)28-21-14)9-10-20(24)27-13-19(23)16-5-7-17(8-6-16)29(25,26)22-11-3-4-12-22/h5-8H,3-4,9-13H2,1-2H3. The minimum absolute atomic E-state index is 0.114. The van der Waals surface area contributed by atoms with Gasteiger partial charge < -0.3 is 9.26 Å². The molecular formula is C20H24N2O6S. The molecule has 1 aliphatic heterocycles. The fraction of sp³-hybridized carbons (Fsp3) is 0.450. The number of benzene rings is 1. The maximum Gasteiger partial charge on any atom is 0.306 e. The van der Waals surface area contributed by atoms with E-state index in [0.717, 1.165) is 24.1 Å². The van der Waals surface area contributed by atoms with Gasteiger partial charge in [0.15, 0.2) is 12.4 Å². The van der Waals surface area contributed by atoms with Crippen molar-refractivity contribution in [2.45, 2.75) is 44.4 Å². The van der Waals surface area contributed by atoms with Crippen LogP contribution in [-0.2, 0) is 26.0 Å². The van der Waals surface area contributed by atoms with Crippen molar-refractivity contribution >= 4 is 21.8 Å². The first-order valence-corrected chi connectivity index (χ1v) is 10.9. The Bertz CT molecular complexity index is 969. The molecule has 0 radical (unpaired) electrons. The molecule has 29 heavy (non-hydrogen) atoms. The number of carbonyl (C=O) groups is 2. The second kappa shape index (κ2) is 8.87. The Morgan fingerprint density at radius 3 is 2.38 bits per heavy atom. The van der Waals surface area contributed by atoms with Crippen molar-refractivity contribution in [3.05, 3.63) is 46.8 Å². The summed E-state index contributed by atoms with van der Waals surface area (Å²) in [4.78, 5) is 24.3. The van der Waals surface area contributed by atoms with Crippen LogP contribution in [0, 0.1) is 13.8 Å². The van der Waals surface area contributed by atoms with Crippen LogP contribution < -0.4 is 0 Å². The minimum Gasteiger partial charge on any atom is -0.457 e. The number of hydrogen-bond acceptors (Lipinski definition) is 7. The lowest BCUT2D eigenvalue weighted by Gasteiger charge is -2.15. The third kappa shape index (κ3) is 4.91. The van der Waals surface area contributed by atoms with Crippen LogP contribution in [0.4, 0.5) is 0 Å². The largest absolute Gasteiger partial charge is 0.457 e. The smallest absolute Gasteiger partial charge is 0.306 e. The van der Waals surface area contributed by atoms with E-state index in [4.69, 9.17) is 9.26 Å². The molecule has 9 heteroatoms. The van der Waals surface area contributed by atoms with Gasteiger partial charge in [0, 0.05) is 30.6 Å². The topological polar surface area (TPSA) is 107 Å². The van der Waals surface area contributed by atoms with E-state index in [9.17, 15) is 18.0 Å². The summed E-state index contributed by atoms with van der Waals surface area (Å²) in [6, 6.07) is 5.73. The van der Waals surface area contributed by atoms with E-state index in [1.54, 1.807) is 13.8 Å². The van der Waals surface area contributed by atoms with Gasteiger partial charge >= 0.3 is 5.97 Å². The fourth-order valence-electron chi connectivity index (χ4n) is 3.28. The number of sulfonamides is 1. The quantitative estimate of drug-likeness (QED) is 0.477. The number of nitrogens with zero attached hydrogens (tertiary/aromatic N) is 2. The van der Waals surface area contributed by atoms with Crippen molar-refractivity contribution in [2.24, 2.45) is 0 Å². The molecular weight excluding hydrogens is 396 g/mol. The van der Waals surface area contributed by atoms with E-state index in [2.05, 4.69) is 5.16 Å². The van der Waals surface area contributed by atoms with Crippen LogP contribution in [-0.4, -0.2) is 49.3 Å². The van der Waals surface area contributed by atoms with Crippen LogP contribution in [0.2, 0.25) is 0 Å². The Balaban J connectivity index is 1.52. The Morgan fingerprint density at radius 1 is 1.14 bits per heavy atom. The van der Waals surface area contributed by atoms with Gasteiger partial charge in [0.05, 0.1) is 10.6 Å². The molecule has 1 aromatic heterocycles. The van der Waals surface area contributed by atoms with Crippen molar-refractivity contribution in [1.82, 2.24) is 9.46 Å². The molecule has 0 bridgehead atoms. The SMILES string of the molecule is Cc1noc(C)c1CCC(=O)OCC(=O)c1ccc(S(=O)(=O)N2CCCC2)cc1. The number of aryl methyl sites for hydroxylation is 2. The van der Waals surface area contributed by atoms with Crippen molar-refractivity contribution < 1.29 is 27.3 Å². The van der Waals surface area contributed by atoms with E-state index < -0.39 is 22.6 Å². The highest BCUT2D eigenvalue weighted by molar-refractivity contribution is 7.89. The molecule has 8 nitrogen and oxygen atoms in total. The normalized spacial score (nSPS) is 14.8. The number of ketones is 1. The monoisotopic (exact) mass is 420 g/mol. The van der Waals surface area contributed by atoms with Crippen LogP contribution in [0.3, 0.4) is 0 Å². The Hall–Kier alpha value is -2.52. The lowest BCUT2D eigenvalue weighted by molar-refractivity contribution is -0.142. The van der Waals surface area contributed by atoms with Gasteiger partial charge in [-0.2, -0.15) is 4.31 Å². The molecule has 3 rings (SSSR count). The van der Waals surface area contributed by atoms with E-state index >= 15 is 0 Å². The van der Waals surface area contributed by atoms with Gasteiger partial charge in [0.2, 0.25) is 10.0 Å². The highest BCUT2D eigenvalue weighted by Crippen LogP contribution is 2.21. The third-order valence-electron chi connectivity index (χ3n) is 5.00. The van der Waals surface area contributed by atoms with E-state index in [-0.39, 0.29) is 17.1 Å². The van der Waals surface area contributed by atoms with Gasteiger partial charge in [-0.05, 0) is 57.4 Å². The molecule has 0 amide bonds. The maximum absolute atomic E-state index is 12.5. The van der Waals surface area contributed by atoms with Crippen LogP contribution in [0.5, 0.6) is 0 Å². The maximum atomic E-state index is 12.5. The van der Waals surface area contributed by atoms with Gasteiger partial charge in [-0.15, -0.1) is 0 Å². The van der Waals surface area contributed by atoms with Crippen LogP contribution in [0.1, 0.15) is 46.6 Å². The van der Waals surface area contributed by atoms with Crippen molar-refractivity contribution in [3.8, 4) is 0 Å². The molecule has 1 saturated heterocycles. The summed E-state index contributed by atoms with van der Waals surface area (Å²) >= 11 is 0. The number of esters is 1. The highest BCUT2D eigenvalue weighted by Gasteiger charge is 2.27. The van der Waals surface area contributed by atoms with Crippen molar-refractivity contribution in [3.63, 3.8) is 0 Å². The fourth-order valence-corrected chi connectivity index (χ4v) is 4.79. The summed E-state index contributed by atoms with van der Waals surface area (Å²) < 4.78 is 36.6. The molecule has 1 aliphatic rings. The summed E-state index contributed by atoms with van der Waals surface area (Å²) in [5.41, 5.74) is 1.89. The number of aromatic nitrogens is 1. The van der Waals surface area contributed by atoms with Gasteiger partial charge in [-0.25, -0.2) is 8.42 Å². The number of carbonyl (C=O) groups excluding carboxylic acids is 2. The molecule has 0 N–H and O–H groups in total. The first kappa shape index (κ1) is 21.2. The van der Waals surface area contributed by atoms with Gasteiger partial charge in [-0.1, -0.05) is 5.16 Å². The number of hydrogen-bond donors (Lipinski definition) is 0. The molecule has 0 spiro atoms. The highest BCUT2D eigenvalue weighted by atomic mass is 32.2. The Kier molecular flexibility index (Phi) is 6.49. The zero-order valence-electron chi connectivity index (χ0n) is 16.5. The predicted octanol–water partition coefficient (Wildman–Crippen LogP) is 2.43. The van der Waals surface area contributed by atoms with Crippen LogP contribution in [0.15, 0.2) is 33.7 Å². The molecule has 0 unspecified atom stereocenters. The van der Waals surface area contributed by atoms with Gasteiger partial charge in [0.1, 0.15) is 5.76 Å². The number of rotatable bonds is 8. The van der Waals surface area contributed by atoms with Gasteiger partial charge in [0.25, 0.3) is 0 Å². The molecule has 0 aliphatic carbocycles. The van der Waals surface area contributed by atoms with E-state index in [1.165, 1.54) is 28.6 Å². The number of Topliss-reactive ketones (excluding diaryl/α,β-unsaturated/α-hetero) is 1. The van der Waals surface area contributed by atoms with E-state index in [1.807, 2.05) is 0 Å². The lowest BCUT2D eigenvalue weighted by atomic mass is 10.1. The Labute approximate surface area is 169 Å². The third-order valence-corrected chi connectivity index (χ3v) is 6.92. The summed E-state index contributed by atoms with van der Waals surface area (Å²) in [5.74, 6) is -0.220. The first-order chi connectivity index (χ1) is 13.8. The van der Waals surface area contributed by atoms with Crippen molar-refractivity contribution in [2.75, 3.05) is 19.7 Å². The average molecular weight is 420 g/mol. The van der Waals surface area contributed by atoms with Gasteiger partial charge in [-0.3, -0.25) is 9.59 Å². The summed E-state index contributed by atoms with van der Waals surface area (Å²) in [7, 11) is -3.52. The van der Waals surface area contributed by atoms with Crippen LogP contribution in [0.25, 0.3) is 0 Å². The van der Waals surface area contributed by atoms with Crippen LogP contribution >= 0.6 is 0 Å². The molecule has 1 fully saturated rings. The minimum atomic E-state index is -3.52. The zero-order chi connectivity index (χ0) is 21.0. The first-order valence-electron chi connectivity index (χ1n) is 9.50. The average Bonchev–Trinajstić information content (AvgIpc) is 3.36. The van der Waals surface area contributed by atoms with Crippen molar-refractivity contribution in [1.29, 1.82) is 0 Å². The summed E-state index contributed by atoms with van der Waals surface area (Å²) in [6.07, 6.45) is 2.26. The predicted molar refractivity (Wildman–Crippen MR) is 104 cm³/mol. The summed E-state index contributed by atoms with van der Waals surface area (Å²) in [6.45, 7) is 4.23. The zero-order valence-corrected chi connectivity index (χ0v) is 17.3. The molecule has 2 heterocycles. The molecule has 1 aromatic carbocycles. The summed E-state index contributed by atoms with van der Waals surface area (Å²) in [5, 5.41) is 3.83. The lowest BCUT2D eigenvalue weighted by Crippen LogP contribution is -2.27. The second-order valence-corrected chi connectivity index (χ2v) is 8.96. The molecule has 0 saturated carbocycles.